The van der Waals surface area contributed by atoms with Gasteiger partial charge in [0.2, 0.25) is 0 Å². The number of ketones is 1. The SMILES string of the molecule is C[C@H](OCc1ccccc1)[C@@H]1CC(=O)[C@@H]2C[C@@H]2O1. The number of carbonyl (C=O) groups excluding carboxylic acids is 1. The van der Waals surface area contributed by atoms with Gasteiger partial charge in [0.15, 0.2) is 0 Å². The number of hydrogen-bond donors (Lipinski definition) is 0. The summed E-state index contributed by atoms with van der Waals surface area (Å²) in [6.07, 6.45) is 1.51. The van der Waals surface area contributed by atoms with Crippen molar-refractivity contribution in [2.24, 2.45) is 5.92 Å². The number of fused-ring (bicyclic) bond motifs is 1. The highest BCUT2D eigenvalue weighted by molar-refractivity contribution is 5.85. The highest BCUT2D eigenvalue weighted by atomic mass is 16.6. The second kappa shape index (κ2) is 4.82. The van der Waals surface area contributed by atoms with Gasteiger partial charge in [-0.1, -0.05) is 30.3 Å². The van der Waals surface area contributed by atoms with E-state index in [-0.39, 0.29) is 24.2 Å². The molecule has 1 aromatic carbocycles. The summed E-state index contributed by atoms with van der Waals surface area (Å²) in [5.41, 5.74) is 1.15. The Morgan fingerprint density at radius 3 is 2.89 bits per heavy atom. The summed E-state index contributed by atoms with van der Waals surface area (Å²) >= 11 is 0. The van der Waals surface area contributed by atoms with Crippen molar-refractivity contribution in [1.82, 2.24) is 0 Å². The molecule has 3 nitrogen and oxygen atoms in total. The lowest BCUT2D eigenvalue weighted by Crippen LogP contribution is -2.36. The van der Waals surface area contributed by atoms with Gasteiger partial charge in [0, 0.05) is 12.3 Å². The zero-order valence-corrected chi connectivity index (χ0v) is 10.5. The quantitative estimate of drug-likeness (QED) is 0.818. The predicted octanol–water partition coefficient (Wildman–Crippen LogP) is 2.34. The van der Waals surface area contributed by atoms with Crippen LogP contribution in [0.1, 0.15) is 25.3 Å². The van der Waals surface area contributed by atoms with E-state index in [2.05, 4.69) is 0 Å². The molecule has 0 amide bonds. The molecule has 96 valence electrons. The van der Waals surface area contributed by atoms with Crippen molar-refractivity contribution in [3.8, 4) is 0 Å². The zero-order valence-electron chi connectivity index (χ0n) is 10.5. The average molecular weight is 246 g/mol. The molecule has 0 spiro atoms. The number of ether oxygens (including phenoxy) is 2. The first kappa shape index (κ1) is 11.9. The molecular weight excluding hydrogens is 228 g/mol. The molecule has 1 aliphatic carbocycles. The predicted molar refractivity (Wildman–Crippen MR) is 67.1 cm³/mol. The maximum absolute atomic E-state index is 11.7. The van der Waals surface area contributed by atoms with Crippen molar-refractivity contribution in [2.75, 3.05) is 0 Å². The highest BCUT2D eigenvalue weighted by Gasteiger charge is 2.50. The second-order valence-corrected chi connectivity index (χ2v) is 5.23. The van der Waals surface area contributed by atoms with Crippen molar-refractivity contribution < 1.29 is 14.3 Å². The third kappa shape index (κ3) is 2.47. The number of carbonyl (C=O) groups is 1. The van der Waals surface area contributed by atoms with Crippen LogP contribution < -0.4 is 0 Å². The van der Waals surface area contributed by atoms with Gasteiger partial charge in [-0.2, -0.15) is 0 Å². The van der Waals surface area contributed by atoms with E-state index in [4.69, 9.17) is 9.47 Å². The Hall–Kier alpha value is -1.19. The molecule has 0 bridgehead atoms. The van der Waals surface area contributed by atoms with Gasteiger partial charge >= 0.3 is 0 Å². The van der Waals surface area contributed by atoms with Gasteiger partial charge in [-0.25, -0.2) is 0 Å². The van der Waals surface area contributed by atoms with Crippen LogP contribution in [0.2, 0.25) is 0 Å². The van der Waals surface area contributed by atoms with E-state index in [0.717, 1.165) is 12.0 Å². The molecule has 4 atom stereocenters. The Balaban J connectivity index is 1.52. The Labute approximate surface area is 107 Å². The minimum Gasteiger partial charge on any atom is -0.371 e. The molecule has 0 unspecified atom stereocenters. The van der Waals surface area contributed by atoms with Crippen LogP contribution in [-0.4, -0.2) is 24.1 Å². The number of Topliss-reactive ketones (excluding diaryl/α,β-unsaturated/α-hetero) is 1. The van der Waals surface area contributed by atoms with E-state index in [9.17, 15) is 4.79 Å². The Morgan fingerprint density at radius 1 is 1.39 bits per heavy atom. The van der Waals surface area contributed by atoms with Crippen molar-refractivity contribution in [3.63, 3.8) is 0 Å². The molecule has 2 fully saturated rings. The van der Waals surface area contributed by atoms with E-state index in [0.29, 0.717) is 18.8 Å². The number of hydrogen-bond acceptors (Lipinski definition) is 3. The molecular formula is C15H18O3. The van der Waals surface area contributed by atoms with Crippen LogP contribution in [0, 0.1) is 5.92 Å². The fourth-order valence-electron chi connectivity index (χ4n) is 2.47. The van der Waals surface area contributed by atoms with E-state index in [1.165, 1.54) is 0 Å². The molecule has 1 aromatic rings. The van der Waals surface area contributed by atoms with Crippen LogP contribution in [0.5, 0.6) is 0 Å². The van der Waals surface area contributed by atoms with E-state index in [1.807, 2.05) is 37.3 Å². The van der Waals surface area contributed by atoms with Gasteiger partial charge in [0.1, 0.15) is 5.78 Å². The fourth-order valence-corrected chi connectivity index (χ4v) is 2.47. The summed E-state index contributed by atoms with van der Waals surface area (Å²) in [5.74, 6) is 0.550. The van der Waals surface area contributed by atoms with Crippen LogP contribution in [-0.2, 0) is 20.9 Å². The third-order valence-electron chi connectivity index (χ3n) is 3.78. The van der Waals surface area contributed by atoms with Crippen LogP contribution in [0.15, 0.2) is 30.3 Å². The lowest BCUT2D eigenvalue weighted by atomic mass is 10.0. The molecule has 2 aliphatic rings. The highest BCUT2D eigenvalue weighted by Crippen LogP contribution is 2.41. The van der Waals surface area contributed by atoms with Crippen LogP contribution in [0.25, 0.3) is 0 Å². The lowest BCUT2D eigenvalue weighted by Gasteiger charge is -2.27. The minimum absolute atomic E-state index is 0.0318. The Kier molecular flexibility index (Phi) is 3.18. The molecule has 0 aromatic heterocycles. The Bertz CT molecular complexity index is 429. The minimum atomic E-state index is -0.0648. The Morgan fingerprint density at radius 2 is 2.17 bits per heavy atom. The van der Waals surface area contributed by atoms with Gasteiger partial charge in [-0.05, 0) is 18.9 Å². The molecule has 0 N–H and O–H groups in total. The second-order valence-electron chi connectivity index (χ2n) is 5.23. The van der Waals surface area contributed by atoms with Gasteiger partial charge in [0.05, 0.1) is 24.9 Å². The van der Waals surface area contributed by atoms with Gasteiger partial charge in [-0.3, -0.25) is 4.79 Å². The molecule has 1 saturated heterocycles. The molecule has 1 aliphatic heterocycles. The van der Waals surface area contributed by atoms with Crippen LogP contribution in [0.4, 0.5) is 0 Å². The average Bonchev–Trinajstić information content (AvgIpc) is 3.17. The molecule has 1 heterocycles. The summed E-state index contributed by atoms with van der Waals surface area (Å²) < 4.78 is 11.6. The standard InChI is InChI=1S/C15H18O3/c1-10(17-9-11-5-3-2-4-6-11)14-8-13(16)12-7-15(12)18-14/h2-6,10,12,14-15H,7-9H2,1H3/t10-,12-,14-,15-/m0/s1. The van der Waals surface area contributed by atoms with Crippen molar-refractivity contribution >= 4 is 5.78 Å². The van der Waals surface area contributed by atoms with Crippen molar-refractivity contribution in [1.29, 1.82) is 0 Å². The monoisotopic (exact) mass is 246 g/mol. The summed E-state index contributed by atoms with van der Waals surface area (Å²) in [6, 6.07) is 10.1. The fraction of sp³-hybridized carbons (Fsp3) is 0.533. The van der Waals surface area contributed by atoms with E-state index < -0.39 is 0 Å². The van der Waals surface area contributed by atoms with Gasteiger partial charge in [-0.15, -0.1) is 0 Å². The van der Waals surface area contributed by atoms with Crippen LogP contribution in [0.3, 0.4) is 0 Å². The van der Waals surface area contributed by atoms with E-state index in [1.54, 1.807) is 0 Å². The molecule has 18 heavy (non-hydrogen) atoms. The van der Waals surface area contributed by atoms with Gasteiger partial charge < -0.3 is 9.47 Å². The molecule has 3 rings (SSSR count). The zero-order chi connectivity index (χ0) is 12.5. The first-order valence-corrected chi connectivity index (χ1v) is 6.58. The summed E-state index contributed by atoms with van der Waals surface area (Å²) in [6.45, 7) is 2.56. The topological polar surface area (TPSA) is 35.5 Å². The van der Waals surface area contributed by atoms with Crippen molar-refractivity contribution in [3.05, 3.63) is 35.9 Å². The summed E-state index contributed by atoms with van der Waals surface area (Å²) in [5, 5.41) is 0. The first-order valence-electron chi connectivity index (χ1n) is 6.58. The third-order valence-corrected chi connectivity index (χ3v) is 3.78. The maximum Gasteiger partial charge on any atom is 0.141 e. The number of benzene rings is 1. The summed E-state index contributed by atoms with van der Waals surface area (Å²) in [4.78, 5) is 11.7. The normalized spacial score (nSPS) is 31.8. The van der Waals surface area contributed by atoms with Crippen molar-refractivity contribution in [2.45, 2.75) is 44.7 Å². The smallest absolute Gasteiger partial charge is 0.141 e. The molecule has 3 heteroatoms. The lowest BCUT2D eigenvalue weighted by molar-refractivity contribution is -0.139. The first-order chi connectivity index (χ1) is 8.74. The van der Waals surface area contributed by atoms with Gasteiger partial charge in [0.25, 0.3) is 0 Å². The summed E-state index contributed by atoms with van der Waals surface area (Å²) in [7, 11) is 0. The largest absolute Gasteiger partial charge is 0.371 e. The maximum atomic E-state index is 11.7. The number of rotatable bonds is 4. The van der Waals surface area contributed by atoms with E-state index >= 15 is 0 Å². The molecule has 0 radical (unpaired) electrons. The molecule has 1 saturated carbocycles. The van der Waals surface area contributed by atoms with Crippen LogP contribution >= 0.6 is 0 Å².